The first-order valence-corrected chi connectivity index (χ1v) is 8.86. The van der Waals surface area contributed by atoms with Gasteiger partial charge in [0, 0.05) is 29.8 Å². The van der Waals surface area contributed by atoms with Gasteiger partial charge in [-0.1, -0.05) is 18.2 Å². The molecule has 0 unspecified atom stereocenters. The second-order valence-corrected chi connectivity index (χ2v) is 6.51. The van der Waals surface area contributed by atoms with Gasteiger partial charge in [0.1, 0.15) is 0 Å². The highest BCUT2D eigenvalue weighted by molar-refractivity contribution is 5.89. The standard InChI is InChI=1S/C20H21N5O/c26-20(24-18-5-3-6-19(18)25-13-12-21-14-25)23-16-9-7-15(8-10-16)17-4-1-2-11-22-17/h1-2,4,7-14,18-19H,3,5-6H2,(H2,23,24,26)/t18-,19+/m1/s1. The number of aromatic nitrogens is 3. The first-order chi connectivity index (χ1) is 12.8. The van der Waals surface area contributed by atoms with Crippen molar-refractivity contribution in [1.29, 1.82) is 0 Å². The molecule has 2 amide bonds. The van der Waals surface area contributed by atoms with Gasteiger partial charge in [-0.15, -0.1) is 0 Å². The van der Waals surface area contributed by atoms with Crippen molar-refractivity contribution in [1.82, 2.24) is 19.9 Å². The summed E-state index contributed by atoms with van der Waals surface area (Å²) in [5.74, 6) is 0. The quantitative estimate of drug-likeness (QED) is 0.753. The number of urea groups is 1. The zero-order chi connectivity index (χ0) is 17.8. The zero-order valence-corrected chi connectivity index (χ0v) is 14.4. The number of pyridine rings is 1. The largest absolute Gasteiger partial charge is 0.333 e. The van der Waals surface area contributed by atoms with Crippen LogP contribution in [-0.4, -0.2) is 26.6 Å². The molecule has 0 spiro atoms. The molecule has 2 atom stereocenters. The molecule has 1 aliphatic rings. The molecule has 132 valence electrons. The van der Waals surface area contributed by atoms with Gasteiger partial charge in [0.05, 0.1) is 24.1 Å². The Bertz CT molecular complexity index is 846. The van der Waals surface area contributed by atoms with Gasteiger partial charge in [-0.2, -0.15) is 0 Å². The Labute approximate surface area is 152 Å². The molecule has 2 heterocycles. The summed E-state index contributed by atoms with van der Waals surface area (Å²) >= 11 is 0. The molecule has 3 aromatic rings. The smallest absolute Gasteiger partial charge is 0.319 e. The number of rotatable bonds is 4. The van der Waals surface area contributed by atoms with Crippen molar-refractivity contribution in [2.24, 2.45) is 0 Å². The summed E-state index contributed by atoms with van der Waals surface area (Å²) in [6.07, 6.45) is 10.5. The van der Waals surface area contributed by atoms with E-state index in [1.54, 1.807) is 12.4 Å². The summed E-state index contributed by atoms with van der Waals surface area (Å²) < 4.78 is 2.08. The van der Waals surface area contributed by atoms with Gasteiger partial charge in [0.15, 0.2) is 0 Å². The molecule has 4 rings (SSSR count). The number of nitrogens with one attached hydrogen (secondary N) is 2. The minimum absolute atomic E-state index is 0.122. The SMILES string of the molecule is O=C(Nc1ccc(-c2ccccn2)cc1)N[C@@H]1CCC[C@@H]1n1ccnc1. The van der Waals surface area contributed by atoms with Crippen LogP contribution in [0.1, 0.15) is 25.3 Å². The summed E-state index contributed by atoms with van der Waals surface area (Å²) in [7, 11) is 0. The Morgan fingerprint density at radius 2 is 1.96 bits per heavy atom. The Hall–Kier alpha value is -3.15. The van der Waals surface area contributed by atoms with E-state index < -0.39 is 0 Å². The second kappa shape index (κ2) is 7.39. The van der Waals surface area contributed by atoms with Crippen LogP contribution in [0, 0.1) is 0 Å². The second-order valence-electron chi connectivity index (χ2n) is 6.51. The van der Waals surface area contributed by atoms with E-state index in [-0.39, 0.29) is 18.1 Å². The minimum atomic E-state index is -0.174. The fraction of sp³-hybridized carbons (Fsp3) is 0.250. The maximum Gasteiger partial charge on any atom is 0.319 e. The lowest BCUT2D eigenvalue weighted by molar-refractivity contribution is 0.245. The molecule has 26 heavy (non-hydrogen) atoms. The zero-order valence-electron chi connectivity index (χ0n) is 14.4. The fourth-order valence-corrected chi connectivity index (χ4v) is 3.52. The number of anilines is 1. The average molecular weight is 347 g/mol. The third-order valence-corrected chi connectivity index (χ3v) is 4.81. The molecule has 0 aliphatic heterocycles. The molecule has 1 aromatic carbocycles. The molecule has 2 aromatic heterocycles. The average Bonchev–Trinajstić information content (AvgIpc) is 3.34. The molecule has 6 heteroatoms. The van der Waals surface area contributed by atoms with E-state index in [0.29, 0.717) is 0 Å². The van der Waals surface area contributed by atoms with Gasteiger partial charge in [-0.3, -0.25) is 4.98 Å². The summed E-state index contributed by atoms with van der Waals surface area (Å²) in [5, 5.41) is 6.02. The highest BCUT2D eigenvalue weighted by atomic mass is 16.2. The Morgan fingerprint density at radius 3 is 2.69 bits per heavy atom. The van der Waals surface area contributed by atoms with Gasteiger partial charge < -0.3 is 15.2 Å². The molecule has 0 bridgehead atoms. The van der Waals surface area contributed by atoms with Gasteiger partial charge in [-0.25, -0.2) is 9.78 Å². The van der Waals surface area contributed by atoms with Gasteiger partial charge >= 0.3 is 6.03 Å². The Kier molecular flexibility index (Phi) is 4.64. The van der Waals surface area contributed by atoms with E-state index in [9.17, 15) is 4.79 Å². The number of carbonyl (C=O) groups is 1. The van der Waals surface area contributed by atoms with E-state index in [2.05, 4.69) is 25.2 Å². The van der Waals surface area contributed by atoms with Crippen molar-refractivity contribution >= 4 is 11.7 Å². The van der Waals surface area contributed by atoms with Crippen molar-refractivity contribution in [2.75, 3.05) is 5.32 Å². The monoisotopic (exact) mass is 347 g/mol. The summed E-state index contributed by atoms with van der Waals surface area (Å²) in [6.45, 7) is 0. The van der Waals surface area contributed by atoms with E-state index >= 15 is 0 Å². The number of hydrogen-bond acceptors (Lipinski definition) is 3. The highest BCUT2D eigenvalue weighted by Crippen LogP contribution is 2.30. The number of amides is 2. The van der Waals surface area contributed by atoms with Crippen molar-refractivity contribution in [3.05, 3.63) is 67.4 Å². The third-order valence-electron chi connectivity index (χ3n) is 4.81. The molecule has 1 aliphatic carbocycles. The van der Waals surface area contributed by atoms with Gasteiger partial charge in [-0.05, 0) is 43.5 Å². The van der Waals surface area contributed by atoms with Crippen LogP contribution in [0.3, 0.4) is 0 Å². The molecular formula is C20H21N5O. The molecule has 0 radical (unpaired) electrons. The van der Waals surface area contributed by atoms with Gasteiger partial charge in [0.2, 0.25) is 0 Å². The normalized spacial score (nSPS) is 19.2. The molecular weight excluding hydrogens is 326 g/mol. The van der Waals surface area contributed by atoms with E-state index in [1.807, 2.05) is 55.0 Å². The van der Waals surface area contributed by atoms with Crippen LogP contribution in [0.4, 0.5) is 10.5 Å². The molecule has 2 N–H and O–H groups in total. The third kappa shape index (κ3) is 3.59. The first-order valence-electron chi connectivity index (χ1n) is 8.86. The van der Waals surface area contributed by atoms with Crippen molar-refractivity contribution in [2.45, 2.75) is 31.3 Å². The van der Waals surface area contributed by atoms with E-state index in [1.165, 1.54) is 0 Å². The van der Waals surface area contributed by atoms with Crippen molar-refractivity contribution in [3.63, 3.8) is 0 Å². The van der Waals surface area contributed by atoms with Crippen LogP contribution < -0.4 is 10.6 Å². The number of imidazole rings is 1. The maximum absolute atomic E-state index is 12.4. The van der Waals surface area contributed by atoms with Crippen LogP contribution in [0.15, 0.2) is 67.4 Å². The Morgan fingerprint density at radius 1 is 1.08 bits per heavy atom. The summed E-state index contributed by atoms with van der Waals surface area (Å²) in [5.41, 5.74) is 2.70. The number of benzene rings is 1. The topological polar surface area (TPSA) is 71.8 Å². The number of hydrogen-bond donors (Lipinski definition) is 2. The molecule has 1 fully saturated rings. The number of carbonyl (C=O) groups excluding carboxylic acids is 1. The summed E-state index contributed by atoms with van der Waals surface area (Å²) in [4.78, 5) is 20.8. The van der Waals surface area contributed by atoms with Crippen LogP contribution >= 0.6 is 0 Å². The maximum atomic E-state index is 12.4. The Balaban J connectivity index is 1.37. The highest BCUT2D eigenvalue weighted by Gasteiger charge is 2.29. The summed E-state index contributed by atoms with van der Waals surface area (Å²) in [6, 6.07) is 13.7. The van der Waals surface area contributed by atoms with Crippen LogP contribution in [0.25, 0.3) is 11.3 Å². The number of nitrogens with zero attached hydrogens (tertiary/aromatic N) is 3. The molecule has 6 nitrogen and oxygen atoms in total. The first kappa shape index (κ1) is 16.3. The lowest BCUT2D eigenvalue weighted by Crippen LogP contribution is -2.40. The minimum Gasteiger partial charge on any atom is -0.333 e. The van der Waals surface area contributed by atoms with Gasteiger partial charge in [0.25, 0.3) is 0 Å². The lowest BCUT2D eigenvalue weighted by Gasteiger charge is -2.22. The predicted octanol–water partition coefficient (Wildman–Crippen LogP) is 3.86. The van der Waals surface area contributed by atoms with Crippen LogP contribution in [0.2, 0.25) is 0 Å². The lowest BCUT2D eigenvalue weighted by atomic mass is 10.1. The van der Waals surface area contributed by atoms with Crippen molar-refractivity contribution in [3.8, 4) is 11.3 Å². The fourth-order valence-electron chi connectivity index (χ4n) is 3.52. The van der Waals surface area contributed by atoms with E-state index in [0.717, 1.165) is 36.2 Å². The van der Waals surface area contributed by atoms with Crippen LogP contribution in [-0.2, 0) is 0 Å². The predicted molar refractivity (Wildman–Crippen MR) is 101 cm³/mol. The van der Waals surface area contributed by atoms with Crippen molar-refractivity contribution < 1.29 is 4.79 Å². The molecule has 1 saturated carbocycles. The van der Waals surface area contributed by atoms with E-state index in [4.69, 9.17) is 0 Å². The molecule has 0 saturated heterocycles. The van der Waals surface area contributed by atoms with Crippen LogP contribution in [0.5, 0.6) is 0 Å².